The van der Waals surface area contributed by atoms with Crippen molar-refractivity contribution in [2.75, 3.05) is 6.79 Å². The molecule has 0 saturated heterocycles. The topological polar surface area (TPSA) is 56.5 Å². The Balaban J connectivity index is 1.90. The van der Waals surface area contributed by atoms with E-state index in [1.54, 1.807) is 6.20 Å². The van der Waals surface area contributed by atoms with Gasteiger partial charge in [0, 0.05) is 12.7 Å². The van der Waals surface area contributed by atoms with Crippen molar-refractivity contribution in [1.29, 1.82) is 0 Å². The average Bonchev–Trinajstić information content (AvgIpc) is 3.05. The second kappa shape index (κ2) is 4.93. The minimum atomic E-state index is -0.705. The van der Waals surface area contributed by atoms with E-state index in [2.05, 4.69) is 12.0 Å². The van der Waals surface area contributed by atoms with Crippen molar-refractivity contribution >= 4 is 0 Å². The number of aromatic nitrogens is 2. The number of hydrogen-bond donors (Lipinski definition) is 1. The predicted molar refractivity (Wildman–Crippen MR) is 69.1 cm³/mol. The van der Waals surface area contributed by atoms with Crippen LogP contribution in [-0.4, -0.2) is 21.7 Å². The van der Waals surface area contributed by atoms with Gasteiger partial charge in [0.25, 0.3) is 0 Å². The van der Waals surface area contributed by atoms with Crippen molar-refractivity contribution in [3.63, 3.8) is 0 Å². The molecule has 100 valence electrons. The van der Waals surface area contributed by atoms with Crippen molar-refractivity contribution in [3.05, 3.63) is 41.7 Å². The number of fused-ring (bicyclic) bond motifs is 1. The summed E-state index contributed by atoms with van der Waals surface area (Å²) < 4.78 is 12.4. The molecule has 0 spiro atoms. The Hall–Kier alpha value is -2.01. The fourth-order valence-electron chi connectivity index (χ4n) is 2.23. The second-order valence-electron chi connectivity index (χ2n) is 4.49. The van der Waals surface area contributed by atoms with Crippen molar-refractivity contribution in [2.24, 2.45) is 0 Å². The van der Waals surface area contributed by atoms with Gasteiger partial charge in [-0.05, 0) is 30.2 Å². The van der Waals surface area contributed by atoms with E-state index in [1.807, 2.05) is 28.9 Å². The zero-order chi connectivity index (χ0) is 13.2. The van der Waals surface area contributed by atoms with Gasteiger partial charge in [0.05, 0.1) is 5.69 Å². The molecular formula is C14H16N2O3. The first-order valence-electron chi connectivity index (χ1n) is 6.39. The molecule has 1 aliphatic heterocycles. The minimum absolute atomic E-state index is 0.239. The monoisotopic (exact) mass is 260 g/mol. The minimum Gasteiger partial charge on any atom is -0.454 e. The number of ether oxygens (including phenoxy) is 2. The zero-order valence-electron chi connectivity index (χ0n) is 10.7. The summed E-state index contributed by atoms with van der Waals surface area (Å²) in [4.78, 5) is 0. The molecule has 0 fully saturated rings. The Labute approximate surface area is 111 Å². The van der Waals surface area contributed by atoms with Crippen LogP contribution in [0.5, 0.6) is 11.5 Å². The number of benzene rings is 1. The van der Waals surface area contributed by atoms with Crippen molar-refractivity contribution in [2.45, 2.75) is 26.0 Å². The summed E-state index contributed by atoms with van der Waals surface area (Å²) in [6.45, 7) is 3.12. The Morgan fingerprint density at radius 2 is 2.16 bits per heavy atom. The van der Waals surface area contributed by atoms with E-state index in [9.17, 15) is 5.11 Å². The smallest absolute Gasteiger partial charge is 0.231 e. The van der Waals surface area contributed by atoms with Gasteiger partial charge in [0.1, 0.15) is 6.10 Å². The fraction of sp³-hybridized carbons (Fsp3) is 0.357. The molecule has 2 heterocycles. The van der Waals surface area contributed by atoms with Crippen LogP contribution in [0.3, 0.4) is 0 Å². The van der Waals surface area contributed by atoms with E-state index >= 15 is 0 Å². The number of nitrogens with zero attached hydrogens (tertiary/aromatic N) is 2. The fourth-order valence-corrected chi connectivity index (χ4v) is 2.23. The lowest BCUT2D eigenvalue weighted by molar-refractivity contribution is 0.173. The summed E-state index contributed by atoms with van der Waals surface area (Å²) in [6, 6.07) is 7.32. The van der Waals surface area contributed by atoms with Crippen LogP contribution in [0.15, 0.2) is 30.5 Å². The van der Waals surface area contributed by atoms with Crippen molar-refractivity contribution in [1.82, 2.24) is 9.78 Å². The summed E-state index contributed by atoms with van der Waals surface area (Å²) in [6.07, 6.45) is 1.98. The van der Waals surface area contributed by atoms with Crippen LogP contribution in [0.4, 0.5) is 0 Å². The lowest BCUT2D eigenvalue weighted by Crippen LogP contribution is -2.10. The van der Waals surface area contributed by atoms with Crippen LogP contribution in [0.1, 0.15) is 30.7 Å². The van der Waals surface area contributed by atoms with Crippen molar-refractivity contribution < 1.29 is 14.6 Å². The van der Waals surface area contributed by atoms with Gasteiger partial charge in [-0.25, -0.2) is 0 Å². The SMILES string of the molecule is CCCn1nccc1C(O)c1ccc2c(c1)OCO2. The van der Waals surface area contributed by atoms with Crippen LogP contribution < -0.4 is 9.47 Å². The summed E-state index contributed by atoms with van der Waals surface area (Å²) in [5, 5.41) is 14.7. The highest BCUT2D eigenvalue weighted by Gasteiger charge is 2.19. The van der Waals surface area contributed by atoms with E-state index in [0.717, 1.165) is 30.0 Å². The Bertz CT molecular complexity index is 580. The number of aliphatic hydroxyl groups excluding tert-OH is 1. The maximum atomic E-state index is 10.5. The molecule has 1 unspecified atom stereocenters. The van der Waals surface area contributed by atoms with Gasteiger partial charge in [-0.2, -0.15) is 5.10 Å². The first kappa shape index (κ1) is 12.0. The molecule has 0 bridgehead atoms. The van der Waals surface area contributed by atoms with Crippen LogP contribution in [0.2, 0.25) is 0 Å². The largest absolute Gasteiger partial charge is 0.454 e. The molecule has 0 aliphatic carbocycles. The van der Waals surface area contributed by atoms with E-state index in [-0.39, 0.29) is 6.79 Å². The standard InChI is InChI=1S/C14H16N2O3/c1-2-7-16-11(5-6-15-16)14(17)10-3-4-12-13(8-10)19-9-18-12/h3-6,8,14,17H,2,7,9H2,1H3. The quantitative estimate of drug-likeness (QED) is 0.914. The molecule has 1 N–H and O–H groups in total. The molecule has 0 amide bonds. The summed E-state index contributed by atoms with van der Waals surface area (Å²) >= 11 is 0. The molecule has 5 nitrogen and oxygen atoms in total. The number of aliphatic hydroxyl groups is 1. The van der Waals surface area contributed by atoms with Gasteiger partial charge in [-0.3, -0.25) is 4.68 Å². The zero-order valence-corrected chi connectivity index (χ0v) is 10.7. The van der Waals surface area contributed by atoms with Gasteiger partial charge in [0.2, 0.25) is 6.79 Å². The lowest BCUT2D eigenvalue weighted by Gasteiger charge is -2.13. The highest BCUT2D eigenvalue weighted by atomic mass is 16.7. The maximum absolute atomic E-state index is 10.5. The first-order valence-corrected chi connectivity index (χ1v) is 6.39. The predicted octanol–water partition coefficient (Wildman–Crippen LogP) is 2.10. The third kappa shape index (κ3) is 2.17. The van der Waals surface area contributed by atoms with E-state index in [1.165, 1.54) is 0 Å². The molecule has 1 aliphatic rings. The maximum Gasteiger partial charge on any atom is 0.231 e. The molecular weight excluding hydrogens is 244 g/mol. The van der Waals surface area contributed by atoms with Gasteiger partial charge >= 0.3 is 0 Å². The van der Waals surface area contributed by atoms with Crippen LogP contribution in [-0.2, 0) is 6.54 Å². The van der Waals surface area contributed by atoms with Crippen LogP contribution >= 0.6 is 0 Å². The average molecular weight is 260 g/mol. The number of aryl methyl sites for hydroxylation is 1. The van der Waals surface area contributed by atoms with Crippen molar-refractivity contribution in [3.8, 4) is 11.5 Å². The molecule has 3 rings (SSSR count). The van der Waals surface area contributed by atoms with E-state index < -0.39 is 6.10 Å². The number of rotatable bonds is 4. The van der Waals surface area contributed by atoms with Gasteiger partial charge in [0.15, 0.2) is 11.5 Å². The molecule has 1 aromatic heterocycles. The third-order valence-electron chi connectivity index (χ3n) is 3.18. The normalized spacial score (nSPS) is 14.6. The molecule has 0 saturated carbocycles. The van der Waals surface area contributed by atoms with Gasteiger partial charge < -0.3 is 14.6 Å². The first-order chi connectivity index (χ1) is 9.29. The summed E-state index contributed by atoms with van der Waals surface area (Å²) in [7, 11) is 0. The van der Waals surface area contributed by atoms with Gasteiger partial charge in [-0.1, -0.05) is 13.0 Å². The van der Waals surface area contributed by atoms with E-state index in [4.69, 9.17) is 9.47 Å². The molecule has 2 aromatic rings. The Morgan fingerprint density at radius 3 is 3.00 bits per heavy atom. The van der Waals surface area contributed by atoms with Crippen LogP contribution in [0, 0.1) is 0 Å². The summed E-state index contributed by atoms with van der Waals surface area (Å²) in [5.41, 5.74) is 1.57. The molecule has 1 aromatic carbocycles. The molecule has 1 atom stereocenters. The third-order valence-corrected chi connectivity index (χ3v) is 3.18. The van der Waals surface area contributed by atoms with Gasteiger partial charge in [-0.15, -0.1) is 0 Å². The highest BCUT2D eigenvalue weighted by Crippen LogP contribution is 2.35. The second-order valence-corrected chi connectivity index (χ2v) is 4.49. The highest BCUT2D eigenvalue weighted by molar-refractivity contribution is 5.46. The molecule has 19 heavy (non-hydrogen) atoms. The lowest BCUT2D eigenvalue weighted by atomic mass is 10.1. The Morgan fingerprint density at radius 1 is 1.32 bits per heavy atom. The number of hydrogen-bond acceptors (Lipinski definition) is 4. The molecule has 0 radical (unpaired) electrons. The van der Waals surface area contributed by atoms with E-state index in [0.29, 0.717) is 5.75 Å². The summed E-state index contributed by atoms with van der Waals surface area (Å²) in [5.74, 6) is 1.40. The Kier molecular flexibility index (Phi) is 3.13. The van der Waals surface area contributed by atoms with Crippen LogP contribution in [0.25, 0.3) is 0 Å². The molecule has 5 heteroatoms.